The van der Waals surface area contributed by atoms with Crippen molar-refractivity contribution in [2.24, 2.45) is 10.2 Å². The first-order valence-electron chi connectivity index (χ1n) is 8.06. The highest BCUT2D eigenvalue weighted by Crippen LogP contribution is 2.19. The van der Waals surface area contributed by atoms with Gasteiger partial charge < -0.3 is 4.84 Å². The van der Waals surface area contributed by atoms with Crippen LogP contribution in [-0.2, 0) is 4.84 Å². The van der Waals surface area contributed by atoms with Gasteiger partial charge in [0.15, 0.2) is 0 Å². The Morgan fingerprint density at radius 2 is 1.64 bits per heavy atom. The van der Waals surface area contributed by atoms with Crippen LogP contribution in [0.1, 0.15) is 20.7 Å². The SMILES string of the molecule is O=C(N=Nc1ccc(NOC(=O)c2ccc(Br)cc2)cc1)c1cccc(Cl)c1. The van der Waals surface area contributed by atoms with Gasteiger partial charge >= 0.3 is 5.97 Å². The van der Waals surface area contributed by atoms with Crippen LogP contribution in [0.4, 0.5) is 11.4 Å². The van der Waals surface area contributed by atoms with E-state index in [1.807, 2.05) is 0 Å². The van der Waals surface area contributed by atoms with Gasteiger partial charge in [0.2, 0.25) is 0 Å². The van der Waals surface area contributed by atoms with E-state index in [-0.39, 0.29) is 0 Å². The standard InChI is InChI=1S/C20H13BrClN3O3/c21-15-6-4-13(5-7-15)20(27)28-25-18-10-8-17(9-11-18)23-24-19(26)14-2-1-3-16(22)12-14/h1-12,25H. The van der Waals surface area contributed by atoms with Crippen LogP contribution < -0.4 is 5.48 Å². The summed E-state index contributed by atoms with van der Waals surface area (Å²) in [5, 5.41) is 8.02. The van der Waals surface area contributed by atoms with Crippen LogP contribution >= 0.6 is 27.5 Å². The summed E-state index contributed by atoms with van der Waals surface area (Å²) in [4.78, 5) is 29.0. The number of hydrogen-bond donors (Lipinski definition) is 1. The lowest BCUT2D eigenvalue weighted by Gasteiger charge is -2.07. The highest BCUT2D eigenvalue weighted by molar-refractivity contribution is 9.10. The summed E-state index contributed by atoms with van der Waals surface area (Å²) in [5.41, 5.74) is 4.36. The number of halogens is 2. The van der Waals surface area contributed by atoms with Crippen molar-refractivity contribution in [2.75, 3.05) is 5.48 Å². The Kier molecular flexibility index (Phi) is 6.52. The molecule has 0 saturated carbocycles. The maximum atomic E-state index is 12.0. The first-order valence-corrected chi connectivity index (χ1v) is 9.23. The van der Waals surface area contributed by atoms with Crippen molar-refractivity contribution >= 4 is 50.8 Å². The first-order chi connectivity index (χ1) is 13.5. The molecule has 3 aromatic carbocycles. The predicted octanol–water partition coefficient (Wildman–Crippen LogP) is 6.21. The molecule has 0 heterocycles. The normalized spacial score (nSPS) is 10.6. The smallest absolute Gasteiger partial charge is 0.338 e. The van der Waals surface area contributed by atoms with E-state index in [1.54, 1.807) is 66.7 Å². The van der Waals surface area contributed by atoms with Gasteiger partial charge in [-0.2, -0.15) is 0 Å². The van der Waals surface area contributed by atoms with Crippen LogP contribution in [0.15, 0.2) is 87.5 Å². The number of anilines is 1. The molecule has 0 aliphatic carbocycles. The summed E-state index contributed by atoms with van der Waals surface area (Å²) in [6.45, 7) is 0. The number of benzene rings is 3. The Balaban J connectivity index is 1.56. The third-order valence-electron chi connectivity index (χ3n) is 3.54. The molecule has 0 spiro atoms. The van der Waals surface area contributed by atoms with Crippen molar-refractivity contribution in [1.82, 2.24) is 0 Å². The number of nitrogens with one attached hydrogen (secondary N) is 1. The minimum absolute atomic E-state index is 0.356. The summed E-state index contributed by atoms with van der Waals surface area (Å²) in [7, 11) is 0. The number of rotatable bonds is 5. The monoisotopic (exact) mass is 457 g/mol. The van der Waals surface area contributed by atoms with Gasteiger partial charge in [0.25, 0.3) is 5.91 Å². The van der Waals surface area contributed by atoms with Crippen molar-refractivity contribution in [3.05, 3.63) is 93.4 Å². The Hall–Kier alpha value is -3.03. The number of hydrogen-bond acceptors (Lipinski definition) is 5. The summed E-state index contributed by atoms with van der Waals surface area (Å²) in [6.07, 6.45) is 0. The molecule has 140 valence electrons. The molecular formula is C20H13BrClN3O3. The van der Waals surface area contributed by atoms with Gasteiger partial charge in [-0.25, -0.2) is 10.3 Å². The summed E-state index contributed by atoms with van der Waals surface area (Å²) in [6, 6.07) is 19.8. The molecule has 3 rings (SSSR count). The summed E-state index contributed by atoms with van der Waals surface area (Å²) >= 11 is 9.16. The largest absolute Gasteiger partial charge is 0.362 e. The van der Waals surface area contributed by atoms with Crippen molar-refractivity contribution in [3.63, 3.8) is 0 Å². The van der Waals surface area contributed by atoms with E-state index in [9.17, 15) is 9.59 Å². The lowest BCUT2D eigenvalue weighted by molar-refractivity contribution is 0.0596. The minimum atomic E-state index is -0.511. The Labute approximate surface area is 174 Å². The first kappa shape index (κ1) is 19.7. The van der Waals surface area contributed by atoms with Gasteiger partial charge in [0.05, 0.1) is 16.9 Å². The van der Waals surface area contributed by atoms with E-state index >= 15 is 0 Å². The van der Waals surface area contributed by atoms with Crippen LogP contribution in [0.25, 0.3) is 0 Å². The summed E-state index contributed by atoms with van der Waals surface area (Å²) < 4.78 is 0.871. The second kappa shape index (κ2) is 9.25. The maximum absolute atomic E-state index is 12.0. The molecule has 1 amide bonds. The summed E-state index contributed by atoms with van der Waals surface area (Å²) in [5.74, 6) is -1.00. The Morgan fingerprint density at radius 1 is 0.929 bits per heavy atom. The molecule has 1 N–H and O–H groups in total. The van der Waals surface area contributed by atoms with Gasteiger partial charge in [0, 0.05) is 15.1 Å². The molecule has 0 radical (unpaired) electrons. The topological polar surface area (TPSA) is 80.1 Å². The Bertz CT molecular complexity index is 1020. The van der Waals surface area contributed by atoms with Crippen molar-refractivity contribution < 1.29 is 14.4 Å². The van der Waals surface area contributed by atoms with Crippen LogP contribution in [-0.4, -0.2) is 11.9 Å². The van der Waals surface area contributed by atoms with E-state index in [1.165, 1.54) is 6.07 Å². The molecule has 0 bridgehead atoms. The fourth-order valence-corrected chi connectivity index (χ4v) is 2.58. The fraction of sp³-hybridized carbons (Fsp3) is 0. The average molecular weight is 459 g/mol. The zero-order valence-electron chi connectivity index (χ0n) is 14.3. The van der Waals surface area contributed by atoms with Crippen LogP contribution in [0, 0.1) is 0 Å². The quantitative estimate of drug-likeness (QED) is 0.364. The number of carbonyl (C=O) groups is 2. The molecule has 0 aliphatic heterocycles. The van der Waals surface area contributed by atoms with Crippen molar-refractivity contribution in [2.45, 2.75) is 0 Å². The minimum Gasteiger partial charge on any atom is -0.338 e. The van der Waals surface area contributed by atoms with Gasteiger partial charge in [-0.15, -0.1) is 10.2 Å². The predicted molar refractivity (Wildman–Crippen MR) is 110 cm³/mol. The van der Waals surface area contributed by atoms with Crippen molar-refractivity contribution in [3.8, 4) is 0 Å². The van der Waals surface area contributed by atoms with Crippen LogP contribution in [0.2, 0.25) is 5.02 Å². The van der Waals surface area contributed by atoms with E-state index < -0.39 is 11.9 Å². The molecule has 28 heavy (non-hydrogen) atoms. The van der Waals surface area contributed by atoms with E-state index in [2.05, 4.69) is 31.6 Å². The zero-order valence-corrected chi connectivity index (χ0v) is 16.6. The van der Waals surface area contributed by atoms with Crippen molar-refractivity contribution in [1.29, 1.82) is 0 Å². The van der Waals surface area contributed by atoms with Gasteiger partial charge in [-0.05, 0) is 66.7 Å². The molecule has 0 aliphatic rings. The van der Waals surface area contributed by atoms with Crippen LogP contribution in [0.3, 0.4) is 0 Å². The van der Waals surface area contributed by atoms with Gasteiger partial charge in [-0.3, -0.25) is 4.79 Å². The highest BCUT2D eigenvalue weighted by Gasteiger charge is 2.07. The van der Waals surface area contributed by atoms with Gasteiger partial charge in [0.1, 0.15) is 0 Å². The molecule has 0 aromatic heterocycles. The molecule has 0 unspecified atom stereocenters. The molecule has 0 saturated heterocycles. The third kappa shape index (κ3) is 5.48. The molecule has 8 heteroatoms. The molecule has 3 aromatic rings. The molecule has 6 nitrogen and oxygen atoms in total. The van der Waals surface area contributed by atoms with E-state index in [0.29, 0.717) is 27.5 Å². The second-order valence-corrected chi connectivity index (χ2v) is 6.91. The lowest BCUT2D eigenvalue weighted by Crippen LogP contribution is -2.10. The fourth-order valence-electron chi connectivity index (χ4n) is 2.13. The number of nitrogens with zero attached hydrogens (tertiary/aromatic N) is 2. The average Bonchev–Trinajstić information content (AvgIpc) is 2.71. The molecule has 0 atom stereocenters. The van der Waals surface area contributed by atoms with Crippen LogP contribution in [0.5, 0.6) is 0 Å². The second-order valence-electron chi connectivity index (χ2n) is 5.56. The highest BCUT2D eigenvalue weighted by atomic mass is 79.9. The van der Waals surface area contributed by atoms with Gasteiger partial charge in [-0.1, -0.05) is 33.6 Å². The van der Waals surface area contributed by atoms with E-state index in [0.717, 1.165) is 4.47 Å². The zero-order chi connectivity index (χ0) is 19.9. The van der Waals surface area contributed by atoms with E-state index in [4.69, 9.17) is 16.4 Å². The number of carbonyl (C=O) groups excluding carboxylic acids is 2. The molecule has 0 fully saturated rings. The number of amides is 1. The molecular weight excluding hydrogens is 446 g/mol. The number of azo groups is 1. The lowest BCUT2D eigenvalue weighted by atomic mass is 10.2. The maximum Gasteiger partial charge on any atom is 0.362 e. The third-order valence-corrected chi connectivity index (χ3v) is 4.30. The Morgan fingerprint density at radius 3 is 2.32 bits per heavy atom.